The topological polar surface area (TPSA) is 39.1 Å². The van der Waals surface area contributed by atoms with Gasteiger partial charge < -0.3 is 4.90 Å². The number of hydrogen-bond acceptors (Lipinski definition) is 3. The highest BCUT2D eigenvalue weighted by Crippen LogP contribution is 2.40. The summed E-state index contributed by atoms with van der Waals surface area (Å²) in [6.07, 6.45) is 5.68. The Morgan fingerprint density at radius 3 is 2.78 bits per heavy atom. The summed E-state index contributed by atoms with van der Waals surface area (Å²) in [5, 5.41) is 12.9. The fourth-order valence-electron chi connectivity index (χ4n) is 3.23. The van der Waals surface area contributed by atoms with Gasteiger partial charge in [-0.15, -0.1) is 0 Å². The number of rotatable bonds is 6. The number of nitriles is 1. The highest BCUT2D eigenvalue weighted by Gasteiger charge is 2.42. The molecule has 0 heterocycles. The minimum atomic E-state index is -0.246. The third-order valence-corrected chi connectivity index (χ3v) is 4.84. The van der Waals surface area contributed by atoms with E-state index in [0.29, 0.717) is 6.04 Å². The predicted molar refractivity (Wildman–Crippen MR) is 74.2 cm³/mol. The Balaban J connectivity index is 1.84. The van der Waals surface area contributed by atoms with Crippen LogP contribution in [0.5, 0.6) is 0 Å². The van der Waals surface area contributed by atoms with E-state index in [-0.39, 0.29) is 5.54 Å². The molecule has 1 N–H and O–H groups in total. The molecule has 4 atom stereocenters. The maximum absolute atomic E-state index is 9.45. The Labute approximate surface area is 112 Å². The van der Waals surface area contributed by atoms with E-state index in [1.807, 2.05) is 0 Å². The zero-order valence-electron chi connectivity index (χ0n) is 12.1. The van der Waals surface area contributed by atoms with Crippen LogP contribution in [0.4, 0.5) is 0 Å². The maximum atomic E-state index is 9.45. The van der Waals surface area contributed by atoms with Gasteiger partial charge in [-0.05, 0) is 57.5 Å². The van der Waals surface area contributed by atoms with E-state index >= 15 is 0 Å². The van der Waals surface area contributed by atoms with Gasteiger partial charge in [0.05, 0.1) is 6.07 Å². The zero-order chi connectivity index (χ0) is 13.2. The molecule has 2 aliphatic rings. The summed E-state index contributed by atoms with van der Waals surface area (Å²) in [5.41, 5.74) is -0.246. The molecule has 0 bridgehead atoms. The van der Waals surface area contributed by atoms with Gasteiger partial charge in [0.15, 0.2) is 0 Å². The second-order valence-corrected chi connectivity index (χ2v) is 6.43. The smallest absolute Gasteiger partial charge is 0.108 e. The van der Waals surface area contributed by atoms with E-state index in [4.69, 9.17) is 0 Å². The van der Waals surface area contributed by atoms with Crippen LogP contribution in [0, 0.1) is 23.2 Å². The van der Waals surface area contributed by atoms with Crippen molar-refractivity contribution in [2.75, 3.05) is 20.1 Å². The Morgan fingerprint density at radius 1 is 1.50 bits per heavy atom. The first-order valence-corrected chi connectivity index (χ1v) is 7.46. The van der Waals surface area contributed by atoms with Gasteiger partial charge in [0.1, 0.15) is 5.54 Å². The van der Waals surface area contributed by atoms with E-state index < -0.39 is 0 Å². The molecule has 0 aromatic carbocycles. The lowest BCUT2D eigenvalue weighted by Crippen LogP contribution is -2.44. The number of nitrogens with zero attached hydrogens (tertiary/aromatic N) is 2. The van der Waals surface area contributed by atoms with Crippen LogP contribution >= 0.6 is 0 Å². The summed E-state index contributed by atoms with van der Waals surface area (Å²) >= 11 is 0. The zero-order valence-corrected chi connectivity index (χ0v) is 12.1. The van der Waals surface area contributed by atoms with Crippen molar-refractivity contribution in [2.24, 2.45) is 11.8 Å². The van der Waals surface area contributed by atoms with Crippen molar-refractivity contribution >= 4 is 0 Å². The van der Waals surface area contributed by atoms with Gasteiger partial charge in [0.2, 0.25) is 0 Å². The predicted octanol–water partition coefficient (Wildman–Crippen LogP) is 2.39. The number of hydrogen-bond donors (Lipinski definition) is 1. The van der Waals surface area contributed by atoms with Crippen LogP contribution in [0.3, 0.4) is 0 Å². The Hall–Kier alpha value is -0.590. The number of nitrogens with one attached hydrogen (secondary N) is 1. The van der Waals surface area contributed by atoms with Crippen molar-refractivity contribution in [3.05, 3.63) is 0 Å². The van der Waals surface area contributed by atoms with Crippen molar-refractivity contribution in [1.82, 2.24) is 10.2 Å². The molecule has 0 spiro atoms. The molecular weight excluding hydrogens is 222 g/mol. The van der Waals surface area contributed by atoms with Gasteiger partial charge >= 0.3 is 0 Å². The second-order valence-electron chi connectivity index (χ2n) is 6.43. The van der Waals surface area contributed by atoms with Crippen molar-refractivity contribution in [3.8, 4) is 6.07 Å². The first-order valence-electron chi connectivity index (χ1n) is 7.46. The Bertz CT molecular complexity index is 322. The first-order chi connectivity index (χ1) is 8.60. The summed E-state index contributed by atoms with van der Waals surface area (Å²) in [7, 11) is 2.24. The second kappa shape index (κ2) is 5.59. The molecule has 0 saturated heterocycles. The normalized spacial score (nSPS) is 38.9. The third kappa shape index (κ3) is 3.05. The average molecular weight is 249 g/mol. The molecule has 0 aromatic rings. The van der Waals surface area contributed by atoms with Crippen LogP contribution in [0.15, 0.2) is 0 Å². The highest BCUT2D eigenvalue weighted by atomic mass is 15.2. The molecule has 0 aliphatic heterocycles. The van der Waals surface area contributed by atoms with Crippen molar-refractivity contribution in [2.45, 2.75) is 57.5 Å². The van der Waals surface area contributed by atoms with Crippen LogP contribution in [-0.2, 0) is 0 Å². The molecule has 2 fully saturated rings. The first kappa shape index (κ1) is 13.8. The molecule has 0 aromatic heterocycles. The van der Waals surface area contributed by atoms with Gasteiger partial charge in [0.25, 0.3) is 0 Å². The molecule has 0 radical (unpaired) electrons. The van der Waals surface area contributed by atoms with Crippen LogP contribution in [0.25, 0.3) is 0 Å². The lowest BCUT2D eigenvalue weighted by molar-refractivity contribution is 0.224. The summed E-state index contributed by atoms with van der Waals surface area (Å²) < 4.78 is 0. The van der Waals surface area contributed by atoms with Gasteiger partial charge in [-0.1, -0.05) is 13.8 Å². The van der Waals surface area contributed by atoms with Gasteiger partial charge in [-0.25, -0.2) is 0 Å². The maximum Gasteiger partial charge on any atom is 0.108 e. The van der Waals surface area contributed by atoms with E-state index in [1.54, 1.807) is 0 Å². The Morgan fingerprint density at radius 2 is 2.22 bits per heavy atom. The lowest BCUT2D eigenvalue weighted by atomic mass is 9.99. The third-order valence-electron chi connectivity index (χ3n) is 4.84. The lowest BCUT2D eigenvalue weighted by Gasteiger charge is -2.27. The monoisotopic (exact) mass is 249 g/mol. The summed E-state index contributed by atoms with van der Waals surface area (Å²) in [6, 6.07) is 3.14. The van der Waals surface area contributed by atoms with Gasteiger partial charge in [-0.2, -0.15) is 5.26 Å². The molecule has 2 aliphatic carbocycles. The summed E-state index contributed by atoms with van der Waals surface area (Å²) in [5.74, 6) is 1.84. The van der Waals surface area contributed by atoms with E-state index in [0.717, 1.165) is 37.6 Å². The Kier molecular flexibility index (Phi) is 4.29. The van der Waals surface area contributed by atoms with Crippen LogP contribution in [-0.4, -0.2) is 36.6 Å². The minimum absolute atomic E-state index is 0.246. The van der Waals surface area contributed by atoms with Crippen molar-refractivity contribution < 1.29 is 0 Å². The van der Waals surface area contributed by atoms with Crippen LogP contribution in [0.1, 0.15) is 46.0 Å². The molecular formula is C15H27N3. The molecule has 2 rings (SSSR count). The molecule has 3 nitrogen and oxygen atoms in total. The molecule has 18 heavy (non-hydrogen) atoms. The largest absolute Gasteiger partial charge is 0.303 e. The molecule has 3 heteroatoms. The fourth-order valence-corrected chi connectivity index (χ4v) is 3.23. The standard InChI is InChI=1S/C15H27N3/c1-4-7-17-15(11-16)6-5-14(9-15)18(3)10-13-8-12(13)2/h12-14,17H,4-10H2,1-3H3. The summed E-state index contributed by atoms with van der Waals surface area (Å²) in [4.78, 5) is 2.50. The van der Waals surface area contributed by atoms with Crippen molar-refractivity contribution in [3.63, 3.8) is 0 Å². The molecule has 0 amide bonds. The minimum Gasteiger partial charge on any atom is -0.303 e. The fraction of sp³-hybridized carbons (Fsp3) is 0.933. The SMILES string of the molecule is CCCNC1(C#N)CCC(N(C)CC2CC2C)C1. The highest BCUT2D eigenvalue weighted by molar-refractivity contribution is 5.13. The summed E-state index contributed by atoms with van der Waals surface area (Å²) in [6.45, 7) is 6.69. The van der Waals surface area contributed by atoms with Crippen LogP contribution in [0.2, 0.25) is 0 Å². The molecule has 102 valence electrons. The van der Waals surface area contributed by atoms with Gasteiger partial charge in [0, 0.05) is 12.6 Å². The van der Waals surface area contributed by atoms with E-state index in [1.165, 1.54) is 19.4 Å². The molecule has 2 saturated carbocycles. The van der Waals surface area contributed by atoms with E-state index in [9.17, 15) is 5.26 Å². The van der Waals surface area contributed by atoms with Gasteiger partial charge in [-0.3, -0.25) is 5.32 Å². The quantitative estimate of drug-likeness (QED) is 0.785. The average Bonchev–Trinajstić information content (AvgIpc) is 2.91. The van der Waals surface area contributed by atoms with Crippen LogP contribution < -0.4 is 5.32 Å². The van der Waals surface area contributed by atoms with E-state index in [2.05, 4.69) is 37.2 Å². The van der Waals surface area contributed by atoms with Crippen molar-refractivity contribution in [1.29, 1.82) is 5.26 Å². The molecule has 4 unspecified atom stereocenters.